The minimum atomic E-state index is -0.515. The fraction of sp³-hybridized carbons (Fsp3) is 0.542. The summed E-state index contributed by atoms with van der Waals surface area (Å²) in [6.45, 7) is 2.77. The Kier molecular flexibility index (Phi) is 5.24. The molecule has 4 bridgehead atoms. The van der Waals surface area contributed by atoms with E-state index in [4.69, 9.17) is 16.0 Å². The second-order valence-electron chi connectivity index (χ2n) is 10.4. The Morgan fingerprint density at radius 2 is 2.03 bits per heavy atom. The lowest BCUT2D eigenvalue weighted by atomic mass is 9.46. The predicted molar refractivity (Wildman–Crippen MR) is 127 cm³/mol. The van der Waals surface area contributed by atoms with Gasteiger partial charge in [0.1, 0.15) is 12.1 Å². The van der Waals surface area contributed by atoms with Gasteiger partial charge >= 0.3 is 0 Å². The van der Waals surface area contributed by atoms with Crippen molar-refractivity contribution in [3.05, 3.63) is 47.7 Å². The summed E-state index contributed by atoms with van der Waals surface area (Å²) in [4.78, 5) is 31.0. The number of aromatic nitrogens is 5. The maximum absolute atomic E-state index is 13.9. The molecule has 3 heterocycles. The highest BCUT2D eigenvalue weighted by molar-refractivity contribution is 6.28. The quantitative estimate of drug-likeness (QED) is 0.514. The third kappa shape index (κ3) is 3.84. The zero-order valence-electron chi connectivity index (χ0n) is 19.5. The van der Waals surface area contributed by atoms with E-state index in [1.807, 2.05) is 11.6 Å². The van der Waals surface area contributed by atoms with E-state index >= 15 is 0 Å². The zero-order valence-corrected chi connectivity index (χ0v) is 20.3. The molecule has 2 N–H and O–H groups in total. The normalized spacial score (nSPS) is 28.9. The van der Waals surface area contributed by atoms with E-state index in [1.165, 1.54) is 0 Å². The Balaban J connectivity index is 1.25. The number of furan rings is 1. The highest BCUT2D eigenvalue weighted by Crippen LogP contribution is 2.64. The molecule has 11 heteroatoms. The number of hydrogen-bond acceptors (Lipinski definition) is 6. The van der Waals surface area contributed by atoms with E-state index in [1.54, 1.807) is 35.6 Å². The fourth-order valence-electron chi connectivity index (χ4n) is 6.98. The van der Waals surface area contributed by atoms with Crippen molar-refractivity contribution in [3.8, 4) is 0 Å². The van der Waals surface area contributed by atoms with Gasteiger partial charge in [0.15, 0.2) is 5.69 Å². The van der Waals surface area contributed by atoms with Gasteiger partial charge in [-0.3, -0.25) is 14.3 Å². The molecule has 3 aromatic rings. The lowest BCUT2D eigenvalue weighted by Crippen LogP contribution is -2.60. The van der Waals surface area contributed by atoms with Crippen molar-refractivity contribution in [3.63, 3.8) is 0 Å². The molecule has 0 saturated heterocycles. The Bertz CT molecular complexity index is 1250. The molecule has 35 heavy (non-hydrogen) atoms. The first-order chi connectivity index (χ1) is 16.9. The molecular weight excluding hydrogens is 470 g/mol. The fourth-order valence-corrected chi connectivity index (χ4v) is 7.11. The van der Waals surface area contributed by atoms with E-state index in [-0.39, 0.29) is 34.9 Å². The van der Waals surface area contributed by atoms with Crippen LogP contribution >= 0.6 is 11.6 Å². The van der Waals surface area contributed by atoms with Crippen molar-refractivity contribution in [1.29, 1.82) is 0 Å². The molecule has 4 aliphatic rings. The first-order valence-corrected chi connectivity index (χ1v) is 12.5. The van der Waals surface area contributed by atoms with E-state index < -0.39 is 5.41 Å². The van der Waals surface area contributed by atoms with Gasteiger partial charge in [-0.2, -0.15) is 5.10 Å². The number of aryl methyl sites for hydroxylation is 1. The van der Waals surface area contributed by atoms with Gasteiger partial charge in [0.25, 0.3) is 5.91 Å². The highest BCUT2D eigenvalue weighted by Gasteiger charge is 2.61. The predicted octanol–water partition coefficient (Wildman–Crippen LogP) is 3.61. The van der Waals surface area contributed by atoms with E-state index in [0.717, 1.165) is 32.1 Å². The third-order valence-electron chi connectivity index (χ3n) is 8.01. The van der Waals surface area contributed by atoms with Crippen LogP contribution in [0.25, 0.3) is 0 Å². The molecule has 4 aliphatic carbocycles. The lowest BCUT2D eigenvalue weighted by molar-refractivity contribution is -0.150. The molecule has 3 aromatic heterocycles. The molecular formula is C24H28ClN7O3. The summed E-state index contributed by atoms with van der Waals surface area (Å²) in [5.74, 6) is 1.16. The maximum atomic E-state index is 13.9. The van der Waals surface area contributed by atoms with Gasteiger partial charge in [0.05, 0.1) is 29.4 Å². The van der Waals surface area contributed by atoms with Gasteiger partial charge in [-0.1, -0.05) is 0 Å². The summed E-state index contributed by atoms with van der Waals surface area (Å²) < 4.78 is 8.86. The van der Waals surface area contributed by atoms with E-state index in [9.17, 15) is 9.59 Å². The second kappa shape index (κ2) is 8.22. The van der Waals surface area contributed by atoms with E-state index in [2.05, 4.69) is 25.8 Å². The molecule has 4 saturated carbocycles. The Morgan fingerprint density at radius 1 is 1.23 bits per heavy atom. The smallest absolute Gasteiger partial charge is 0.274 e. The summed E-state index contributed by atoms with van der Waals surface area (Å²) in [6.07, 6.45) is 10.5. The zero-order chi connectivity index (χ0) is 24.2. The van der Waals surface area contributed by atoms with Gasteiger partial charge < -0.3 is 15.1 Å². The van der Waals surface area contributed by atoms with Crippen LogP contribution in [0, 0.1) is 17.3 Å². The average molecular weight is 498 g/mol. The van der Waals surface area contributed by atoms with Crippen LogP contribution in [0.1, 0.15) is 61.7 Å². The van der Waals surface area contributed by atoms with Crippen LogP contribution in [-0.2, 0) is 23.4 Å². The van der Waals surface area contributed by atoms with Crippen molar-refractivity contribution in [2.45, 2.75) is 64.1 Å². The topological polar surface area (TPSA) is 120 Å². The molecule has 0 radical (unpaired) electrons. The molecule has 0 aromatic carbocycles. The van der Waals surface area contributed by atoms with Crippen LogP contribution < -0.4 is 10.6 Å². The molecule has 0 aliphatic heterocycles. The van der Waals surface area contributed by atoms with E-state index in [0.29, 0.717) is 36.2 Å². The van der Waals surface area contributed by atoms with Crippen molar-refractivity contribution in [2.24, 2.45) is 17.3 Å². The number of amides is 2. The van der Waals surface area contributed by atoms with Crippen molar-refractivity contribution in [1.82, 2.24) is 29.9 Å². The van der Waals surface area contributed by atoms with Gasteiger partial charge in [0.2, 0.25) is 11.2 Å². The second-order valence-corrected chi connectivity index (χ2v) is 10.7. The summed E-state index contributed by atoms with van der Waals surface area (Å²) in [5, 5.41) is 15.0. The first-order valence-electron chi connectivity index (χ1n) is 12.2. The van der Waals surface area contributed by atoms with Crippen molar-refractivity contribution >= 4 is 29.1 Å². The molecule has 184 valence electrons. The van der Waals surface area contributed by atoms with Crippen molar-refractivity contribution < 1.29 is 14.0 Å². The molecule has 0 spiro atoms. The third-order valence-corrected chi connectivity index (χ3v) is 8.19. The summed E-state index contributed by atoms with van der Waals surface area (Å²) in [6, 6.07) is 3.56. The van der Waals surface area contributed by atoms with Gasteiger partial charge in [0, 0.05) is 12.7 Å². The number of carbonyl (C=O) groups is 2. The SMILES string of the molecule is CCn1cc(NC(=O)C23CC4CC(C2)CC(n2cnc(Cl)n2)(C4)C3)c(C(=O)NCc2ccco2)n1. The molecule has 4 fully saturated rings. The van der Waals surface area contributed by atoms with Crippen LogP contribution in [-0.4, -0.2) is 36.4 Å². The molecule has 10 nitrogen and oxygen atoms in total. The van der Waals surface area contributed by atoms with Gasteiger partial charge in [-0.25, -0.2) is 9.67 Å². The van der Waals surface area contributed by atoms with Crippen molar-refractivity contribution in [2.75, 3.05) is 5.32 Å². The molecule has 7 rings (SSSR count). The minimum absolute atomic E-state index is 0.0436. The molecule has 2 unspecified atom stereocenters. The number of nitrogens with zero attached hydrogens (tertiary/aromatic N) is 5. The molecule has 2 amide bonds. The van der Waals surface area contributed by atoms with Crippen LogP contribution in [0.2, 0.25) is 5.28 Å². The van der Waals surface area contributed by atoms with Crippen LogP contribution in [0.3, 0.4) is 0 Å². The minimum Gasteiger partial charge on any atom is -0.467 e. The maximum Gasteiger partial charge on any atom is 0.274 e. The number of halogens is 1. The number of carbonyl (C=O) groups excluding carboxylic acids is 2. The van der Waals surface area contributed by atoms with Gasteiger partial charge in [-0.05, 0) is 81.0 Å². The van der Waals surface area contributed by atoms with Gasteiger partial charge in [-0.15, -0.1) is 5.10 Å². The van der Waals surface area contributed by atoms with Crippen LogP contribution in [0.5, 0.6) is 0 Å². The standard InChI is InChI=1S/C24H28ClN7O3/c1-2-31-12-18(19(29-31)20(33)26-11-17-4-3-5-35-17)28-21(34)23-7-15-6-16(8-23)10-24(9-15,13-23)32-14-27-22(25)30-32/h3-5,12,14-16H,2,6-11,13H2,1H3,(H,26,33)(H,28,34). The summed E-state index contributed by atoms with van der Waals surface area (Å²) >= 11 is 6.05. The number of rotatable bonds is 7. The number of anilines is 1. The Morgan fingerprint density at radius 3 is 2.69 bits per heavy atom. The Labute approximate surface area is 207 Å². The van der Waals surface area contributed by atoms with Crippen LogP contribution in [0.15, 0.2) is 35.3 Å². The average Bonchev–Trinajstić information content (AvgIpc) is 3.58. The monoisotopic (exact) mass is 497 g/mol. The summed E-state index contributed by atoms with van der Waals surface area (Å²) in [7, 11) is 0. The number of hydrogen-bond donors (Lipinski definition) is 2. The molecule has 2 atom stereocenters. The Hall–Kier alpha value is -3.14. The largest absolute Gasteiger partial charge is 0.467 e. The number of nitrogens with one attached hydrogen (secondary N) is 2. The van der Waals surface area contributed by atoms with Crippen LogP contribution in [0.4, 0.5) is 5.69 Å². The lowest BCUT2D eigenvalue weighted by Gasteiger charge is -2.60. The summed E-state index contributed by atoms with van der Waals surface area (Å²) in [5.41, 5.74) is -0.117. The highest BCUT2D eigenvalue weighted by atomic mass is 35.5. The first kappa shape index (κ1) is 22.3.